The van der Waals surface area contributed by atoms with Crippen molar-refractivity contribution in [2.24, 2.45) is 5.73 Å². The molecule has 0 bridgehead atoms. The molecule has 164 valence electrons. The Hall–Kier alpha value is -3.04. The second kappa shape index (κ2) is 9.40. The van der Waals surface area contributed by atoms with Gasteiger partial charge in [-0.2, -0.15) is 0 Å². The average Bonchev–Trinajstić information content (AvgIpc) is 2.99. The minimum absolute atomic E-state index is 0.00407. The number of nitrogens with two attached hydrogens (primary N) is 1. The molecule has 2 aliphatic heterocycles. The van der Waals surface area contributed by atoms with Crippen LogP contribution in [0.4, 0.5) is 0 Å². The normalized spacial score (nSPS) is 22.0. The van der Waals surface area contributed by atoms with Crippen molar-refractivity contribution in [2.75, 3.05) is 26.8 Å². The molecule has 9 nitrogen and oxygen atoms in total. The van der Waals surface area contributed by atoms with Gasteiger partial charge in [0.15, 0.2) is 0 Å². The predicted molar refractivity (Wildman–Crippen MR) is 112 cm³/mol. The van der Waals surface area contributed by atoms with Gasteiger partial charge >= 0.3 is 6.01 Å². The van der Waals surface area contributed by atoms with Gasteiger partial charge in [-0.3, -0.25) is 14.5 Å². The molecule has 0 spiro atoms. The van der Waals surface area contributed by atoms with Crippen molar-refractivity contribution in [3.05, 3.63) is 53.3 Å². The molecule has 0 unspecified atom stereocenters. The van der Waals surface area contributed by atoms with Gasteiger partial charge in [-0.25, -0.2) is 9.97 Å². The van der Waals surface area contributed by atoms with Crippen LogP contribution in [0.3, 0.4) is 0 Å². The lowest BCUT2D eigenvalue weighted by molar-refractivity contribution is -0.158. The minimum Gasteiger partial charge on any atom is -0.467 e. The molecule has 2 fully saturated rings. The number of benzene rings is 1. The van der Waals surface area contributed by atoms with Crippen LogP contribution in [0.25, 0.3) is 0 Å². The van der Waals surface area contributed by atoms with E-state index in [0.29, 0.717) is 18.1 Å². The Morgan fingerprint density at radius 2 is 1.97 bits per heavy atom. The largest absolute Gasteiger partial charge is 0.467 e. The molecule has 2 N–H and O–H groups in total. The third-order valence-electron chi connectivity index (χ3n) is 5.88. The maximum Gasteiger partial charge on any atom is 0.316 e. The number of likely N-dealkylation sites (tertiary alicyclic amines) is 1. The minimum atomic E-state index is -0.472. The van der Waals surface area contributed by atoms with Crippen molar-refractivity contribution in [3.63, 3.8) is 0 Å². The molecule has 9 heteroatoms. The first-order valence-electron chi connectivity index (χ1n) is 10.4. The average molecular weight is 425 g/mol. The number of morpholine rings is 1. The lowest BCUT2D eigenvalue weighted by atomic mass is 10.0. The van der Waals surface area contributed by atoms with Crippen LogP contribution in [0.5, 0.6) is 6.01 Å². The van der Waals surface area contributed by atoms with Gasteiger partial charge in [-0.15, -0.1) is 0 Å². The van der Waals surface area contributed by atoms with Gasteiger partial charge in [0.05, 0.1) is 19.3 Å². The van der Waals surface area contributed by atoms with Crippen LogP contribution in [0.1, 0.15) is 34.3 Å². The molecule has 1 aromatic carbocycles. The lowest BCUT2D eigenvalue weighted by Crippen LogP contribution is -2.53. The third-order valence-corrected chi connectivity index (χ3v) is 5.88. The highest BCUT2D eigenvalue weighted by Gasteiger charge is 2.38. The Morgan fingerprint density at radius 1 is 1.19 bits per heavy atom. The summed E-state index contributed by atoms with van der Waals surface area (Å²) in [5.41, 5.74) is 7.76. The highest BCUT2D eigenvalue weighted by molar-refractivity contribution is 5.92. The first kappa shape index (κ1) is 21.2. The monoisotopic (exact) mass is 425 g/mol. The lowest BCUT2D eigenvalue weighted by Gasteiger charge is -2.40. The molecule has 2 atom stereocenters. The topological polar surface area (TPSA) is 111 Å². The molecule has 0 radical (unpaired) electrons. The number of fused-ring (bicyclic) bond motifs is 1. The van der Waals surface area contributed by atoms with Crippen molar-refractivity contribution in [1.29, 1.82) is 0 Å². The smallest absolute Gasteiger partial charge is 0.316 e. The summed E-state index contributed by atoms with van der Waals surface area (Å²) in [6.07, 6.45) is 5.20. The fraction of sp³-hybridized carbons (Fsp3) is 0.455. The Balaban J connectivity index is 1.44. The van der Waals surface area contributed by atoms with Gasteiger partial charge < -0.3 is 20.1 Å². The summed E-state index contributed by atoms with van der Waals surface area (Å²) in [6, 6.07) is 7.50. The number of carbonyl (C=O) groups is 2. The van der Waals surface area contributed by atoms with Crippen LogP contribution < -0.4 is 10.5 Å². The zero-order valence-electron chi connectivity index (χ0n) is 17.6. The molecular formula is C22H27N5O4. The standard InChI is InChI=1S/C22H27N5O4/c1-30-22-24-10-16(11-25-22)12-26-7-5-18-19(6-8-26)31-14-20(28)27(18)13-15-3-2-4-17(9-15)21(23)29/h2-4,9-11,18-19H,5-8,12-14H2,1H3,(H2,23,29)/t18-,19-/m0/s1. The maximum atomic E-state index is 12.7. The van der Waals surface area contributed by atoms with Gasteiger partial charge in [-0.05, 0) is 30.5 Å². The number of carbonyl (C=O) groups excluding carboxylic acids is 2. The Labute approximate surface area is 181 Å². The molecule has 0 aliphatic carbocycles. The number of methoxy groups -OCH3 is 1. The van der Waals surface area contributed by atoms with E-state index in [0.717, 1.165) is 43.6 Å². The summed E-state index contributed by atoms with van der Waals surface area (Å²) in [7, 11) is 1.54. The van der Waals surface area contributed by atoms with Crippen molar-refractivity contribution < 1.29 is 19.1 Å². The summed E-state index contributed by atoms with van der Waals surface area (Å²) < 4.78 is 10.9. The number of hydrogen-bond donors (Lipinski definition) is 1. The van der Waals surface area contributed by atoms with Gasteiger partial charge in [0.1, 0.15) is 6.61 Å². The third kappa shape index (κ3) is 5.00. The summed E-state index contributed by atoms with van der Waals surface area (Å²) in [6.45, 7) is 2.96. The summed E-state index contributed by atoms with van der Waals surface area (Å²) in [4.78, 5) is 36.8. The predicted octanol–water partition coefficient (Wildman–Crippen LogP) is 0.976. The molecule has 3 heterocycles. The molecule has 31 heavy (non-hydrogen) atoms. The SMILES string of the molecule is COc1ncc(CN2CC[C@@H]3OCC(=O)N(Cc4cccc(C(N)=O)c4)[C@H]3CC2)cn1. The van der Waals surface area contributed by atoms with Crippen molar-refractivity contribution in [3.8, 4) is 6.01 Å². The Bertz CT molecular complexity index is 936. The summed E-state index contributed by atoms with van der Waals surface area (Å²) in [5.74, 6) is -0.497. The molecule has 1 aromatic heterocycles. The highest BCUT2D eigenvalue weighted by atomic mass is 16.5. The number of primary amides is 1. The second-order valence-electron chi connectivity index (χ2n) is 7.93. The van der Waals surface area contributed by atoms with E-state index >= 15 is 0 Å². The van der Waals surface area contributed by atoms with E-state index in [9.17, 15) is 9.59 Å². The van der Waals surface area contributed by atoms with Crippen LogP contribution >= 0.6 is 0 Å². The molecule has 2 aromatic rings. The zero-order valence-corrected chi connectivity index (χ0v) is 17.6. The molecule has 0 saturated carbocycles. The van der Waals surface area contributed by atoms with E-state index in [1.165, 1.54) is 0 Å². The van der Waals surface area contributed by atoms with E-state index in [2.05, 4.69) is 14.9 Å². The zero-order chi connectivity index (χ0) is 21.8. The van der Waals surface area contributed by atoms with Crippen LogP contribution in [-0.2, 0) is 22.6 Å². The molecule has 2 amide bonds. The van der Waals surface area contributed by atoms with Crippen LogP contribution in [0.15, 0.2) is 36.7 Å². The van der Waals surface area contributed by atoms with E-state index in [-0.39, 0.29) is 24.7 Å². The fourth-order valence-electron chi connectivity index (χ4n) is 4.28. The van der Waals surface area contributed by atoms with Crippen LogP contribution in [-0.4, -0.2) is 70.5 Å². The van der Waals surface area contributed by atoms with E-state index in [4.69, 9.17) is 15.2 Å². The first-order chi connectivity index (χ1) is 15.0. The van der Waals surface area contributed by atoms with Gasteiger partial charge in [-0.1, -0.05) is 12.1 Å². The van der Waals surface area contributed by atoms with Crippen molar-refractivity contribution >= 4 is 11.8 Å². The molecule has 4 rings (SSSR count). The van der Waals surface area contributed by atoms with E-state index in [1.54, 1.807) is 37.7 Å². The number of rotatable bonds is 6. The molecule has 2 saturated heterocycles. The summed E-state index contributed by atoms with van der Waals surface area (Å²) in [5, 5.41) is 0. The number of amides is 2. The van der Waals surface area contributed by atoms with Crippen LogP contribution in [0.2, 0.25) is 0 Å². The number of hydrogen-bond acceptors (Lipinski definition) is 7. The number of ether oxygens (including phenoxy) is 2. The van der Waals surface area contributed by atoms with Crippen molar-refractivity contribution in [2.45, 2.75) is 38.1 Å². The Morgan fingerprint density at radius 3 is 2.71 bits per heavy atom. The van der Waals surface area contributed by atoms with Crippen LogP contribution in [0, 0.1) is 0 Å². The number of nitrogens with zero attached hydrogens (tertiary/aromatic N) is 4. The number of aromatic nitrogens is 2. The van der Waals surface area contributed by atoms with E-state index < -0.39 is 5.91 Å². The van der Waals surface area contributed by atoms with Gasteiger partial charge in [0, 0.05) is 49.7 Å². The van der Waals surface area contributed by atoms with Gasteiger partial charge in [0.2, 0.25) is 11.8 Å². The van der Waals surface area contributed by atoms with E-state index in [1.807, 2.05) is 11.0 Å². The fourth-order valence-corrected chi connectivity index (χ4v) is 4.28. The quantitative estimate of drug-likeness (QED) is 0.734. The van der Waals surface area contributed by atoms with Gasteiger partial charge in [0.25, 0.3) is 0 Å². The highest BCUT2D eigenvalue weighted by Crippen LogP contribution is 2.27. The summed E-state index contributed by atoms with van der Waals surface area (Å²) >= 11 is 0. The molecule has 2 aliphatic rings. The Kier molecular flexibility index (Phi) is 6.43. The molecular weight excluding hydrogens is 398 g/mol. The first-order valence-corrected chi connectivity index (χ1v) is 10.4. The second-order valence-corrected chi connectivity index (χ2v) is 7.93. The maximum absolute atomic E-state index is 12.7. The van der Waals surface area contributed by atoms with Crippen molar-refractivity contribution in [1.82, 2.24) is 19.8 Å².